The molecule has 0 saturated heterocycles. The van der Waals surface area contributed by atoms with Crippen LogP contribution in [0.2, 0.25) is 5.04 Å². The molecule has 0 amide bonds. The van der Waals surface area contributed by atoms with Crippen molar-refractivity contribution in [2.75, 3.05) is 20.8 Å². The molecular formula is C29H38O5Si. The zero-order chi connectivity index (χ0) is 25.9. The first-order valence-electron chi connectivity index (χ1n) is 11.9. The number of hydrogen-bond donors (Lipinski definition) is 0. The fraction of sp³-hybridized carbons (Fsp3) is 0.379. The molecule has 0 spiro atoms. The Kier molecular flexibility index (Phi) is 10.7. The van der Waals surface area contributed by atoms with Crippen LogP contribution in [0.15, 0.2) is 84.5 Å². The number of allylic oxidation sites excluding steroid dienone is 2. The van der Waals surface area contributed by atoms with Crippen LogP contribution in [0.25, 0.3) is 0 Å². The minimum absolute atomic E-state index is 0.00732. The second kappa shape index (κ2) is 13.2. The van der Waals surface area contributed by atoms with E-state index in [1.807, 2.05) is 18.2 Å². The van der Waals surface area contributed by atoms with Crippen molar-refractivity contribution >= 4 is 30.6 Å². The van der Waals surface area contributed by atoms with E-state index in [4.69, 9.17) is 13.9 Å². The summed E-state index contributed by atoms with van der Waals surface area (Å²) >= 11 is 0. The van der Waals surface area contributed by atoms with E-state index in [0.717, 1.165) is 6.42 Å². The molecule has 0 radical (unpaired) electrons. The summed E-state index contributed by atoms with van der Waals surface area (Å²) in [5, 5.41) is 2.43. The van der Waals surface area contributed by atoms with Crippen molar-refractivity contribution in [1.29, 1.82) is 0 Å². The monoisotopic (exact) mass is 494 g/mol. The van der Waals surface area contributed by atoms with E-state index in [1.54, 1.807) is 6.08 Å². The number of carbonyl (C=O) groups is 2. The molecule has 0 saturated carbocycles. The van der Waals surface area contributed by atoms with Gasteiger partial charge in [0.15, 0.2) is 0 Å². The summed E-state index contributed by atoms with van der Waals surface area (Å²) in [5.41, 5.74) is 0.545. The smallest absolute Gasteiger partial charge is 0.330 e. The number of benzene rings is 2. The quantitative estimate of drug-likeness (QED) is 0.194. The van der Waals surface area contributed by atoms with Gasteiger partial charge in [-0.15, -0.1) is 0 Å². The number of esters is 2. The average Bonchev–Trinajstić information content (AvgIpc) is 2.85. The van der Waals surface area contributed by atoms with Gasteiger partial charge in [0.2, 0.25) is 0 Å². The van der Waals surface area contributed by atoms with Gasteiger partial charge in [-0.2, -0.15) is 0 Å². The summed E-state index contributed by atoms with van der Waals surface area (Å²) < 4.78 is 16.4. The van der Waals surface area contributed by atoms with E-state index in [2.05, 4.69) is 76.2 Å². The van der Waals surface area contributed by atoms with Crippen molar-refractivity contribution in [2.45, 2.75) is 45.6 Å². The standard InChI is InChI=1S/C29H38O5Si/c1-23(17-18-24(21-27(30)32-5)22-28(31)33-6)19-20-34-35(29(2,3)4,25-13-9-7-10-14-25)26-15-11-8-12-16-26/h7-18,21,23H,19-20,22H2,1-6H3/b18-17+,24-21+/t23-/m1/s1. The minimum atomic E-state index is -2.57. The summed E-state index contributed by atoms with van der Waals surface area (Å²) in [5.74, 6) is -0.740. The number of ether oxygens (including phenoxy) is 2. The first-order valence-corrected chi connectivity index (χ1v) is 13.8. The number of hydrogen-bond acceptors (Lipinski definition) is 5. The molecule has 5 nitrogen and oxygen atoms in total. The molecule has 0 heterocycles. The van der Waals surface area contributed by atoms with Gasteiger partial charge in [0, 0.05) is 12.7 Å². The molecule has 188 valence electrons. The van der Waals surface area contributed by atoms with E-state index in [9.17, 15) is 9.59 Å². The zero-order valence-corrected chi connectivity index (χ0v) is 22.7. The van der Waals surface area contributed by atoms with Crippen molar-refractivity contribution < 1.29 is 23.5 Å². The van der Waals surface area contributed by atoms with Gasteiger partial charge in [0.1, 0.15) is 0 Å². The van der Waals surface area contributed by atoms with Gasteiger partial charge in [-0.3, -0.25) is 4.79 Å². The SMILES string of the molecule is COC(=O)/C=C(\C=C\[C@@H](C)CCO[Si](c1ccccc1)(c1ccccc1)C(C)(C)C)CC(=O)OC. The van der Waals surface area contributed by atoms with Crippen LogP contribution < -0.4 is 10.4 Å². The average molecular weight is 495 g/mol. The van der Waals surface area contributed by atoms with Crippen molar-refractivity contribution in [3.05, 3.63) is 84.5 Å². The lowest BCUT2D eigenvalue weighted by atomic mass is 10.0. The predicted molar refractivity (Wildman–Crippen MR) is 143 cm³/mol. The maximum Gasteiger partial charge on any atom is 0.330 e. The van der Waals surface area contributed by atoms with Crippen LogP contribution in [-0.2, 0) is 23.5 Å². The Labute approximate surface area is 210 Å². The maximum atomic E-state index is 11.7. The van der Waals surface area contributed by atoms with Crippen molar-refractivity contribution in [1.82, 2.24) is 0 Å². The Hall–Kier alpha value is -2.96. The Morgan fingerprint density at radius 2 is 1.46 bits per heavy atom. The lowest BCUT2D eigenvalue weighted by Crippen LogP contribution is -2.66. The summed E-state index contributed by atoms with van der Waals surface area (Å²) in [6.45, 7) is 9.47. The Balaban J connectivity index is 2.24. The van der Waals surface area contributed by atoms with Crippen LogP contribution in [-0.4, -0.2) is 41.1 Å². The molecule has 35 heavy (non-hydrogen) atoms. The van der Waals surface area contributed by atoms with E-state index in [0.29, 0.717) is 12.2 Å². The van der Waals surface area contributed by atoms with Gasteiger partial charge in [-0.1, -0.05) is 101 Å². The first kappa shape index (κ1) is 28.3. The molecule has 1 atom stereocenters. The normalized spacial score (nSPS) is 13.5. The molecule has 0 fully saturated rings. The van der Waals surface area contributed by atoms with Crippen molar-refractivity contribution in [3.63, 3.8) is 0 Å². The highest BCUT2D eigenvalue weighted by Gasteiger charge is 2.49. The molecule has 0 unspecified atom stereocenters. The highest BCUT2D eigenvalue weighted by Crippen LogP contribution is 2.37. The van der Waals surface area contributed by atoms with E-state index in [-0.39, 0.29) is 17.4 Å². The van der Waals surface area contributed by atoms with Crippen molar-refractivity contribution in [3.8, 4) is 0 Å². The molecule has 0 aliphatic heterocycles. The second-order valence-corrected chi connectivity index (χ2v) is 13.9. The molecule has 0 bridgehead atoms. The van der Waals surface area contributed by atoms with Crippen molar-refractivity contribution in [2.24, 2.45) is 5.92 Å². The molecular weight excluding hydrogens is 456 g/mol. The van der Waals surface area contributed by atoms with Crippen LogP contribution >= 0.6 is 0 Å². The van der Waals surface area contributed by atoms with Gasteiger partial charge >= 0.3 is 11.9 Å². The number of rotatable bonds is 11. The summed E-state index contributed by atoms with van der Waals surface area (Å²) in [6.07, 6.45) is 5.91. The highest BCUT2D eigenvalue weighted by molar-refractivity contribution is 6.99. The van der Waals surface area contributed by atoms with Gasteiger partial charge in [-0.25, -0.2) is 4.79 Å². The largest absolute Gasteiger partial charge is 0.469 e. The van der Waals surface area contributed by atoms with Gasteiger partial charge in [-0.05, 0) is 33.3 Å². The van der Waals surface area contributed by atoms with Crippen LogP contribution in [0, 0.1) is 5.92 Å². The predicted octanol–water partition coefficient (Wildman–Crippen LogP) is 4.81. The minimum Gasteiger partial charge on any atom is -0.469 e. The van der Waals surface area contributed by atoms with E-state index < -0.39 is 20.3 Å². The highest BCUT2D eigenvalue weighted by atomic mass is 28.4. The third-order valence-corrected chi connectivity index (χ3v) is 11.1. The first-order chi connectivity index (χ1) is 16.6. The Morgan fingerprint density at radius 1 is 0.914 bits per heavy atom. The summed E-state index contributed by atoms with van der Waals surface area (Å²) in [4.78, 5) is 23.4. The number of carbonyl (C=O) groups excluding carboxylic acids is 2. The molecule has 0 N–H and O–H groups in total. The topological polar surface area (TPSA) is 61.8 Å². The molecule has 2 aromatic rings. The fourth-order valence-corrected chi connectivity index (χ4v) is 8.73. The van der Waals surface area contributed by atoms with E-state index in [1.165, 1.54) is 30.7 Å². The molecule has 0 aromatic heterocycles. The molecule has 0 aliphatic carbocycles. The fourth-order valence-electron chi connectivity index (χ4n) is 4.15. The van der Waals surface area contributed by atoms with Gasteiger partial charge in [0.05, 0.1) is 20.6 Å². The van der Waals surface area contributed by atoms with Crippen LogP contribution in [0.1, 0.15) is 40.5 Å². The molecule has 6 heteroatoms. The zero-order valence-electron chi connectivity index (χ0n) is 21.7. The summed E-state index contributed by atoms with van der Waals surface area (Å²) in [7, 11) is 0.0624. The Bertz CT molecular complexity index is 967. The lowest BCUT2D eigenvalue weighted by Gasteiger charge is -2.43. The van der Waals surface area contributed by atoms with E-state index >= 15 is 0 Å². The summed E-state index contributed by atoms with van der Waals surface area (Å²) in [6, 6.07) is 21.1. The Morgan fingerprint density at radius 3 is 1.91 bits per heavy atom. The van der Waals surface area contributed by atoms with Crippen LogP contribution in [0.4, 0.5) is 0 Å². The third kappa shape index (κ3) is 7.77. The number of methoxy groups -OCH3 is 2. The maximum absolute atomic E-state index is 11.7. The molecule has 0 aliphatic rings. The van der Waals surface area contributed by atoms with Gasteiger partial charge in [0.25, 0.3) is 8.32 Å². The molecule has 2 rings (SSSR count). The van der Waals surface area contributed by atoms with Crippen LogP contribution in [0.3, 0.4) is 0 Å². The molecule has 2 aromatic carbocycles. The third-order valence-electron chi connectivity index (χ3n) is 6.03. The lowest BCUT2D eigenvalue weighted by molar-refractivity contribution is -0.139. The second-order valence-electron chi connectivity index (χ2n) is 9.63. The van der Waals surface area contributed by atoms with Gasteiger partial charge < -0.3 is 13.9 Å². The van der Waals surface area contributed by atoms with Crippen LogP contribution in [0.5, 0.6) is 0 Å².